The molecule has 0 spiro atoms. The Labute approximate surface area is 163 Å². The molecular weight excluding hydrogens is 366 g/mol. The van der Waals surface area contributed by atoms with Gasteiger partial charge in [0.1, 0.15) is 5.82 Å². The summed E-state index contributed by atoms with van der Waals surface area (Å²) in [4.78, 5) is 30.7. The Bertz CT molecular complexity index is 833. The normalized spacial score (nSPS) is 14.4. The lowest BCUT2D eigenvalue weighted by atomic mass is 10.2. The van der Waals surface area contributed by atoms with Crippen LogP contribution in [0.1, 0.15) is 46.4 Å². The van der Waals surface area contributed by atoms with Crippen molar-refractivity contribution >= 4 is 35.0 Å². The predicted octanol–water partition coefficient (Wildman–Crippen LogP) is 4.28. The molecule has 7 heteroatoms. The summed E-state index contributed by atoms with van der Waals surface area (Å²) < 4.78 is 4.73. The SMILES string of the molecule is COC(=O)c1ccc(Cl)c(Nc2cc(C(=O)N3CCCCCC3)ccn2)c1. The van der Waals surface area contributed by atoms with Gasteiger partial charge in [-0.05, 0) is 43.2 Å². The summed E-state index contributed by atoms with van der Waals surface area (Å²) in [5, 5.41) is 3.52. The summed E-state index contributed by atoms with van der Waals surface area (Å²) >= 11 is 6.22. The lowest BCUT2D eigenvalue weighted by Gasteiger charge is -2.20. The number of hydrogen-bond donors (Lipinski definition) is 1. The zero-order chi connectivity index (χ0) is 19.2. The number of nitrogens with zero attached hydrogens (tertiary/aromatic N) is 2. The largest absolute Gasteiger partial charge is 0.465 e. The van der Waals surface area contributed by atoms with E-state index >= 15 is 0 Å². The van der Waals surface area contributed by atoms with Gasteiger partial charge >= 0.3 is 5.97 Å². The first kappa shape index (κ1) is 19.2. The molecule has 0 unspecified atom stereocenters. The number of carbonyl (C=O) groups excluding carboxylic acids is 2. The topological polar surface area (TPSA) is 71.5 Å². The minimum Gasteiger partial charge on any atom is -0.465 e. The van der Waals surface area contributed by atoms with Crippen molar-refractivity contribution in [3.63, 3.8) is 0 Å². The van der Waals surface area contributed by atoms with E-state index in [2.05, 4.69) is 10.3 Å². The average Bonchev–Trinajstić information content (AvgIpc) is 2.98. The molecule has 27 heavy (non-hydrogen) atoms. The molecule has 142 valence electrons. The summed E-state index contributed by atoms with van der Waals surface area (Å²) in [6.45, 7) is 1.58. The van der Waals surface area contributed by atoms with E-state index < -0.39 is 5.97 Å². The fourth-order valence-corrected chi connectivity index (χ4v) is 3.26. The molecule has 1 aromatic heterocycles. The van der Waals surface area contributed by atoms with Crippen molar-refractivity contribution in [1.82, 2.24) is 9.88 Å². The van der Waals surface area contributed by atoms with Crippen LogP contribution in [0.4, 0.5) is 11.5 Å². The Balaban J connectivity index is 1.80. The van der Waals surface area contributed by atoms with Gasteiger partial charge in [0.2, 0.25) is 0 Å². The fraction of sp³-hybridized carbons (Fsp3) is 0.350. The number of likely N-dealkylation sites (tertiary alicyclic amines) is 1. The molecule has 1 N–H and O–H groups in total. The van der Waals surface area contributed by atoms with Crippen molar-refractivity contribution in [3.8, 4) is 0 Å². The van der Waals surface area contributed by atoms with Crippen LogP contribution in [0, 0.1) is 0 Å². The molecule has 6 nitrogen and oxygen atoms in total. The third kappa shape index (κ3) is 4.77. The summed E-state index contributed by atoms with van der Waals surface area (Å²) in [7, 11) is 1.32. The van der Waals surface area contributed by atoms with E-state index in [1.54, 1.807) is 36.5 Å². The molecule has 0 bridgehead atoms. The first-order chi connectivity index (χ1) is 13.1. The van der Waals surface area contributed by atoms with Gasteiger partial charge in [0.05, 0.1) is 23.4 Å². The van der Waals surface area contributed by atoms with E-state index in [0.29, 0.717) is 27.7 Å². The van der Waals surface area contributed by atoms with E-state index in [0.717, 1.165) is 25.9 Å². The number of rotatable bonds is 4. The van der Waals surface area contributed by atoms with Gasteiger partial charge in [0.25, 0.3) is 5.91 Å². The van der Waals surface area contributed by atoms with Crippen molar-refractivity contribution in [1.29, 1.82) is 0 Å². The zero-order valence-corrected chi connectivity index (χ0v) is 16.0. The van der Waals surface area contributed by atoms with E-state index in [9.17, 15) is 9.59 Å². The molecule has 2 aromatic rings. The van der Waals surface area contributed by atoms with Gasteiger partial charge in [-0.1, -0.05) is 24.4 Å². The van der Waals surface area contributed by atoms with Crippen LogP contribution < -0.4 is 5.32 Å². The molecular formula is C20H22ClN3O3. The second-order valence-electron chi connectivity index (χ2n) is 6.45. The molecule has 1 fully saturated rings. The van der Waals surface area contributed by atoms with Crippen molar-refractivity contribution in [2.24, 2.45) is 0 Å². The molecule has 2 heterocycles. The second kappa shape index (κ2) is 8.86. The Kier molecular flexibility index (Phi) is 6.29. The highest BCUT2D eigenvalue weighted by Gasteiger charge is 2.18. The maximum atomic E-state index is 12.8. The standard InChI is InChI=1S/C20H22ClN3O3/c1-27-20(26)15-6-7-16(21)17(12-15)23-18-13-14(8-9-22-18)19(25)24-10-4-2-3-5-11-24/h6-9,12-13H,2-5,10-11H2,1H3,(H,22,23). The minimum atomic E-state index is -0.451. The van der Waals surface area contributed by atoms with Crippen molar-refractivity contribution < 1.29 is 14.3 Å². The number of nitrogens with one attached hydrogen (secondary N) is 1. The lowest BCUT2D eigenvalue weighted by Crippen LogP contribution is -2.31. The summed E-state index contributed by atoms with van der Waals surface area (Å²) in [5.74, 6) is 0.0455. The minimum absolute atomic E-state index is 0.0109. The molecule has 1 aliphatic rings. The Morgan fingerprint density at radius 1 is 1.07 bits per heavy atom. The number of esters is 1. The summed E-state index contributed by atoms with van der Waals surface area (Å²) in [5.41, 5.74) is 1.47. The second-order valence-corrected chi connectivity index (χ2v) is 6.85. The molecule has 0 radical (unpaired) electrons. The number of halogens is 1. The number of anilines is 2. The lowest BCUT2D eigenvalue weighted by molar-refractivity contribution is 0.0600. The molecule has 0 aliphatic carbocycles. The molecule has 1 aliphatic heterocycles. The number of carbonyl (C=O) groups is 2. The van der Waals surface area contributed by atoms with E-state index in [4.69, 9.17) is 16.3 Å². The van der Waals surface area contributed by atoms with Crippen LogP contribution in [0.2, 0.25) is 5.02 Å². The highest BCUT2D eigenvalue weighted by molar-refractivity contribution is 6.33. The van der Waals surface area contributed by atoms with Gasteiger partial charge in [0, 0.05) is 24.8 Å². The number of pyridine rings is 1. The molecule has 0 saturated carbocycles. The molecule has 1 aromatic carbocycles. The van der Waals surface area contributed by atoms with Crippen molar-refractivity contribution in [2.75, 3.05) is 25.5 Å². The quantitative estimate of drug-likeness (QED) is 0.792. The number of benzene rings is 1. The van der Waals surface area contributed by atoms with Crippen LogP contribution in [-0.4, -0.2) is 42.0 Å². The number of ether oxygens (including phenoxy) is 1. The smallest absolute Gasteiger partial charge is 0.337 e. The number of aromatic nitrogens is 1. The zero-order valence-electron chi connectivity index (χ0n) is 15.2. The molecule has 0 atom stereocenters. The average molecular weight is 388 g/mol. The fourth-order valence-electron chi connectivity index (χ4n) is 3.09. The number of methoxy groups -OCH3 is 1. The van der Waals surface area contributed by atoms with Gasteiger partial charge in [-0.2, -0.15) is 0 Å². The van der Waals surface area contributed by atoms with Crippen LogP contribution in [-0.2, 0) is 4.74 Å². The third-order valence-electron chi connectivity index (χ3n) is 4.55. The van der Waals surface area contributed by atoms with Gasteiger partial charge in [0.15, 0.2) is 0 Å². The molecule has 3 rings (SSSR count). The number of hydrogen-bond acceptors (Lipinski definition) is 5. The maximum Gasteiger partial charge on any atom is 0.337 e. The highest BCUT2D eigenvalue weighted by Crippen LogP contribution is 2.27. The summed E-state index contributed by atoms with van der Waals surface area (Å²) in [6, 6.07) is 8.22. The van der Waals surface area contributed by atoms with Crippen LogP contribution in [0.5, 0.6) is 0 Å². The number of amides is 1. The van der Waals surface area contributed by atoms with E-state index in [1.807, 2.05) is 4.90 Å². The molecule has 1 saturated heterocycles. The third-order valence-corrected chi connectivity index (χ3v) is 4.88. The van der Waals surface area contributed by atoms with Gasteiger partial charge in [-0.15, -0.1) is 0 Å². The maximum absolute atomic E-state index is 12.8. The Morgan fingerprint density at radius 3 is 2.52 bits per heavy atom. The van der Waals surface area contributed by atoms with Gasteiger partial charge in [-0.3, -0.25) is 4.79 Å². The van der Waals surface area contributed by atoms with Crippen molar-refractivity contribution in [3.05, 3.63) is 52.7 Å². The van der Waals surface area contributed by atoms with Gasteiger partial charge < -0.3 is 15.0 Å². The monoisotopic (exact) mass is 387 g/mol. The predicted molar refractivity (Wildman–Crippen MR) is 105 cm³/mol. The first-order valence-corrected chi connectivity index (χ1v) is 9.36. The first-order valence-electron chi connectivity index (χ1n) is 8.98. The van der Waals surface area contributed by atoms with E-state index in [-0.39, 0.29) is 5.91 Å². The van der Waals surface area contributed by atoms with Crippen LogP contribution >= 0.6 is 11.6 Å². The van der Waals surface area contributed by atoms with Gasteiger partial charge in [-0.25, -0.2) is 9.78 Å². The van der Waals surface area contributed by atoms with Crippen LogP contribution in [0.15, 0.2) is 36.5 Å². The summed E-state index contributed by atoms with van der Waals surface area (Å²) in [6.07, 6.45) is 6.01. The Hall–Kier alpha value is -2.60. The van der Waals surface area contributed by atoms with Crippen molar-refractivity contribution in [2.45, 2.75) is 25.7 Å². The van der Waals surface area contributed by atoms with Crippen LogP contribution in [0.3, 0.4) is 0 Å². The van der Waals surface area contributed by atoms with Crippen LogP contribution in [0.25, 0.3) is 0 Å². The molecule has 1 amide bonds. The highest BCUT2D eigenvalue weighted by atomic mass is 35.5. The Morgan fingerprint density at radius 2 is 1.81 bits per heavy atom. The van der Waals surface area contributed by atoms with E-state index in [1.165, 1.54) is 20.0 Å².